The molecular weight excluding hydrogens is 492 g/mol. The number of ether oxygens (including phenoxy) is 3. The molecule has 2 aromatic heterocycles. The summed E-state index contributed by atoms with van der Waals surface area (Å²) < 4.78 is 17.8. The number of benzene rings is 1. The number of aryl methyl sites for hydroxylation is 1. The minimum atomic E-state index is -0.534. The Bertz CT molecular complexity index is 1300. The molecule has 0 saturated heterocycles. The fourth-order valence-electron chi connectivity index (χ4n) is 4.75. The summed E-state index contributed by atoms with van der Waals surface area (Å²) >= 11 is 1.10. The van der Waals surface area contributed by atoms with Crippen LogP contribution in [0, 0.1) is 18.3 Å². The van der Waals surface area contributed by atoms with Crippen LogP contribution >= 0.6 is 11.3 Å². The number of esters is 2. The summed E-state index contributed by atoms with van der Waals surface area (Å²) in [6, 6.07) is 9.25. The molecule has 8 nitrogen and oxygen atoms in total. The van der Waals surface area contributed by atoms with E-state index in [0.717, 1.165) is 37.0 Å². The van der Waals surface area contributed by atoms with Crippen molar-refractivity contribution in [2.45, 2.75) is 66.0 Å². The van der Waals surface area contributed by atoms with E-state index in [4.69, 9.17) is 14.2 Å². The predicted octanol–water partition coefficient (Wildman–Crippen LogP) is 5.15. The molecule has 1 saturated carbocycles. The van der Waals surface area contributed by atoms with Crippen LogP contribution in [-0.2, 0) is 20.8 Å². The number of hydrogen-bond donors (Lipinski definition) is 0. The van der Waals surface area contributed by atoms with E-state index in [1.165, 1.54) is 10.9 Å². The minimum Gasteiger partial charge on any atom is -0.490 e. The van der Waals surface area contributed by atoms with Gasteiger partial charge in [-0.25, -0.2) is 9.78 Å². The molecule has 2 heterocycles. The van der Waals surface area contributed by atoms with Crippen molar-refractivity contribution in [1.29, 1.82) is 0 Å². The van der Waals surface area contributed by atoms with Crippen LogP contribution < -0.4 is 10.3 Å². The fourth-order valence-corrected chi connectivity index (χ4v) is 5.78. The zero-order valence-electron chi connectivity index (χ0n) is 21.8. The van der Waals surface area contributed by atoms with Crippen LogP contribution in [0.15, 0.2) is 41.5 Å². The van der Waals surface area contributed by atoms with Gasteiger partial charge >= 0.3 is 11.9 Å². The lowest BCUT2D eigenvalue weighted by molar-refractivity contribution is -0.152. The summed E-state index contributed by atoms with van der Waals surface area (Å²) in [6.45, 7) is 8.50. The van der Waals surface area contributed by atoms with E-state index < -0.39 is 11.9 Å². The summed E-state index contributed by atoms with van der Waals surface area (Å²) in [7, 11) is 0. The maximum Gasteiger partial charge on any atom is 0.348 e. The maximum absolute atomic E-state index is 13.1. The largest absolute Gasteiger partial charge is 0.490 e. The zero-order chi connectivity index (χ0) is 26.6. The molecule has 1 aromatic carbocycles. The van der Waals surface area contributed by atoms with Crippen molar-refractivity contribution in [2.24, 2.45) is 11.3 Å². The van der Waals surface area contributed by atoms with Crippen LogP contribution in [0.3, 0.4) is 0 Å². The van der Waals surface area contributed by atoms with Gasteiger partial charge in [0.05, 0.1) is 11.7 Å². The van der Waals surface area contributed by atoms with Crippen molar-refractivity contribution in [3.8, 4) is 5.75 Å². The highest BCUT2D eigenvalue weighted by molar-refractivity contribution is 7.20. The molecule has 4 rings (SSSR count). The monoisotopic (exact) mass is 526 g/mol. The van der Waals surface area contributed by atoms with Crippen LogP contribution in [0.2, 0.25) is 0 Å². The van der Waals surface area contributed by atoms with E-state index in [1.807, 2.05) is 30.3 Å². The highest BCUT2D eigenvalue weighted by Gasteiger charge is 2.31. The van der Waals surface area contributed by atoms with Crippen molar-refractivity contribution in [1.82, 2.24) is 9.55 Å². The second kappa shape index (κ2) is 11.5. The Balaban J connectivity index is 1.35. The molecule has 198 valence electrons. The zero-order valence-corrected chi connectivity index (χ0v) is 22.6. The van der Waals surface area contributed by atoms with Gasteiger partial charge in [0.1, 0.15) is 41.3 Å². The Morgan fingerprint density at radius 1 is 1.08 bits per heavy atom. The average Bonchev–Trinajstić information content (AvgIpc) is 3.21. The average molecular weight is 527 g/mol. The lowest BCUT2D eigenvalue weighted by atomic mass is 9.72. The Morgan fingerprint density at radius 3 is 2.46 bits per heavy atom. The third-order valence-corrected chi connectivity index (χ3v) is 8.11. The lowest BCUT2D eigenvalue weighted by Crippen LogP contribution is -2.32. The molecule has 0 aliphatic heterocycles. The van der Waals surface area contributed by atoms with E-state index in [0.29, 0.717) is 32.3 Å². The van der Waals surface area contributed by atoms with Gasteiger partial charge in [-0.05, 0) is 61.6 Å². The molecule has 0 bridgehead atoms. The predicted molar refractivity (Wildman–Crippen MR) is 142 cm³/mol. The van der Waals surface area contributed by atoms with Gasteiger partial charge in [0.2, 0.25) is 0 Å². The first kappa shape index (κ1) is 26.9. The lowest BCUT2D eigenvalue weighted by Gasteiger charge is -2.36. The van der Waals surface area contributed by atoms with Crippen LogP contribution in [0.1, 0.15) is 61.7 Å². The van der Waals surface area contributed by atoms with E-state index in [1.54, 1.807) is 6.92 Å². The van der Waals surface area contributed by atoms with Crippen molar-refractivity contribution >= 4 is 33.5 Å². The van der Waals surface area contributed by atoms with Crippen molar-refractivity contribution in [2.75, 3.05) is 13.2 Å². The van der Waals surface area contributed by atoms with Crippen molar-refractivity contribution in [3.05, 3.63) is 57.5 Å². The molecule has 9 heteroatoms. The maximum atomic E-state index is 13.1. The van der Waals surface area contributed by atoms with Crippen LogP contribution in [0.5, 0.6) is 5.75 Å². The number of rotatable bonds is 8. The number of para-hydroxylation sites is 1. The summed E-state index contributed by atoms with van der Waals surface area (Å²) in [5, 5.41) is 0.318. The van der Waals surface area contributed by atoms with Gasteiger partial charge < -0.3 is 14.2 Å². The minimum absolute atomic E-state index is 0.0720. The Hall–Kier alpha value is -3.20. The number of fused-ring (bicyclic) bond motifs is 1. The first-order chi connectivity index (χ1) is 17.6. The summed E-state index contributed by atoms with van der Waals surface area (Å²) in [4.78, 5) is 43.4. The first-order valence-corrected chi connectivity index (χ1v) is 13.5. The smallest absolute Gasteiger partial charge is 0.348 e. The van der Waals surface area contributed by atoms with E-state index in [2.05, 4.69) is 25.8 Å². The molecule has 0 spiro atoms. The Morgan fingerprint density at radius 2 is 1.78 bits per heavy atom. The Labute approximate surface area is 220 Å². The van der Waals surface area contributed by atoms with E-state index >= 15 is 0 Å². The number of thiophene rings is 1. The van der Waals surface area contributed by atoms with Crippen LogP contribution in [0.4, 0.5) is 0 Å². The number of aromatic nitrogens is 2. The molecule has 0 N–H and O–H groups in total. The highest BCUT2D eigenvalue weighted by Crippen LogP contribution is 2.38. The summed E-state index contributed by atoms with van der Waals surface area (Å²) in [5.74, 6) is 0.328. The van der Waals surface area contributed by atoms with Gasteiger partial charge in [-0.2, -0.15) is 0 Å². The van der Waals surface area contributed by atoms with Gasteiger partial charge in [0.25, 0.3) is 5.56 Å². The van der Waals surface area contributed by atoms with Gasteiger partial charge in [-0.3, -0.25) is 14.2 Å². The number of carbonyl (C=O) groups excluding carboxylic acids is 2. The molecule has 0 atom stereocenters. The van der Waals surface area contributed by atoms with Crippen molar-refractivity contribution in [3.63, 3.8) is 0 Å². The van der Waals surface area contributed by atoms with E-state index in [-0.39, 0.29) is 36.8 Å². The Kier molecular flexibility index (Phi) is 8.32. The van der Waals surface area contributed by atoms with Gasteiger partial charge in [0.15, 0.2) is 0 Å². The summed E-state index contributed by atoms with van der Waals surface area (Å²) in [6.07, 6.45) is 4.95. The molecule has 0 amide bonds. The summed E-state index contributed by atoms with van der Waals surface area (Å²) in [5.41, 5.74) is 0.372. The topological polar surface area (TPSA) is 96.7 Å². The molecule has 3 aromatic rings. The fraction of sp³-hybridized carbons (Fsp3) is 0.500. The van der Waals surface area contributed by atoms with Gasteiger partial charge in [-0.1, -0.05) is 39.0 Å². The molecule has 0 unspecified atom stereocenters. The number of nitrogens with zero attached hydrogens (tertiary/aromatic N) is 2. The number of carbonyl (C=O) groups is 2. The van der Waals surface area contributed by atoms with Gasteiger partial charge in [-0.15, -0.1) is 11.3 Å². The SMILES string of the molecule is Cc1c(C(=O)OCCOc2ccccc2)sc2ncn(CC(=O)OC3CCC(C(C)(C)C)CC3)c(=O)c12. The van der Waals surface area contributed by atoms with Gasteiger partial charge in [0, 0.05) is 0 Å². The molecule has 0 radical (unpaired) electrons. The third kappa shape index (κ3) is 6.57. The third-order valence-electron chi connectivity index (χ3n) is 6.93. The molecule has 1 fully saturated rings. The normalized spacial score (nSPS) is 17.9. The molecule has 1 aliphatic rings. The first-order valence-electron chi connectivity index (χ1n) is 12.7. The van der Waals surface area contributed by atoms with Crippen LogP contribution in [-0.4, -0.2) is 40.8 Å². The quantitative estimate of drug-likeness (QED) is 0.296. The number of hydrogen-bond acceptors (Lipinski definition) is 8. The van der Waals surface area contributed by atoms with E-state index in [9.17, 15) is 14.4 Å². The van der Waals surface area contributed by atoms with Crippen molar-refractivity contribution < 1.29 is 23.8 Å². The second-order valence-electron chi connectivity index (χ2n) is 10.5. The highest BCUT2D eigenvalue weighted by atomic mass is 32.1. The molecular formula is C28H34N2O6S. The molecule has 1 aliphatic carbocycles. The van der Waals surface area contributed by atoms with Crippen LogP contribution in [0.25, 0.3) is 10.2 Å². The molecule has 37 heavy (non-hydrogen) atoms. The second-order valence-corrected chi connectivity index (χ2v) is 11.5. The standard InChI is InChI=1S/C28H34N2O6S/c1-18-23-25(37-24(18)27(33)35-15-14-34-20-8-6-5-7-9-20)29-17-30(26(23)32)16-22(31)36-21-12-10-19(11-13-21)28(2,3)4/h5-9,17,19,21H,10-16H2,1-4H3.